The minimum absolute atomic E-state index is 0.106. The van der Waals surface area contributed by atoms with Gasteiger partial charge in [0, 0.05) is 29.6 Å². The van der Waals surface area contributed by atoms with Gasteiger partial charge in [-0.1, -0.05) is 23.9 Å². The summed E-state index contributed by atoms with van der Waals surface area (Å²) < 4.78 is 28.9. The second kappa shape index (κ2) is 10.7. The number of H-pyrrole nitrogens is 1. The Morgan fingerprint density at radius 1 is 1.06 bits per heavy atom. The average Bonchev–Trinajstić information content (AvgIpc) is 2.77. The molecule has 0 saturated heterocycles. The van der Waals surface area contributed by atoms with Crippen molar-refractivity contribution in [3.8, 4) is 17.2 Å². The molecular weight excluding hydrogens is 437 g/mol. The highest BCUT2D eigenvalue weighted by molar-refractivity contribution is 7.98. The number of nitrogens with zero attached hydrogens (tertiary/aromatic N) is 1. The van der Waals surface area contributed by atoms with E-state index >= 15 is 0 Å². The number of anilines is 1. The van der Waals surface area contributed by atoms with Crippen molar-refractivity contribution in [3.05, 3.63) is 69.9 Å². The molecule has 32 heavy (non-hydrogen) atoms. The van der Waals surface area contributed by atoms with Crippen molar-refractivity contribution in [3.63, 3.8) is 0 Å². The van der Waals surface area contributed by atoms with Crippen LogP contribution in [0.3, 0.4) is 0 Å². The number of aromatic amines is 1. The monoisotopic (exact) mass is 459 g/mol. The molecular formula is C22H22FN3O5S. The van der Waals surface area contributed by atoms with Gasteiger partial charge in [-0.25, -0.2) is 9.37 Å². The van der Waals surface area contributed by atoms with E-state index < -0.39 is 0 Å². The molecule has 1 heterocycles. The molecule has 8 nitrogen and oxygen atoms in total. The molecule has 0 aliphatic rings. The Hall–Kier alpha value is -3.53. The number of ether oxygens (including phenoxy) is 3. The molecule has 0 fully saturated rings. The van der Waals surface area contributed by atoms with E-state index in [1.807, 2.05) is 0 Å². The van der Waals surface area contributed by atoms with Crippen LogP contribution in [0.5, 0.6) is 17.2 Å². The van der Waals surface area contributed by atoms with Crippen LogP contribution in [0.25, 0.3) is 0 Å². The smallest absolute Gasteiger partial charge is 0.251 e. The van der Waals surface area contributed by atoms with Crippen molar-refractivity contribution in [1.29, 1.82) is 0 Å². The summed E-state index contributed by atoms with van der Waals surface area (Å²) in [7, 11) is 4.45. The maximum atomic E-state index is 13.0. The van der Waals surface area contributed by atoms with E-state index in [0.29, 0.717) is 39.5 Å². The Kier molecular flexibility index (Phi) is 7.72. The van der Waals surface area contributed by atoms with Gasteiger partial charge in [-0.15, -0.1) is 0 Å². The van der Waals surface area contributed by atoms with Crippen LogP contribution in [0.15, 0.2) is 52.4 Å². The molecule has 0 aliphatic heterocycles. The molecule has 1 amide bonds. The molecule has 3 aromatic rings. The van der Waals surface area contributed by atoms with E-state index in [4.69, 9.17) is 14.2 Å². The number of carbonyl (C=O) groups excluding carboxylic acids is 1. The highest BCUT2D eigenvalue weighted by Crippen LogP contribution is 2.39. The third kappa shape index (κ3) is 6.01. The molecule has 2 N–H and O–H groups in total. The van der Waals surface area contributed by atoms with Gasteiger partial charge in [0.1, 0.15) is 5.82 Å². The van der Waals surface area contributed by atoms with Crippen molar-refractivity contribution in [2.75, 3.05) is 26.6 Å². The fourth-order valence-corrected chi connectivity index (χ4v) is 3.75. The Balaban J connectivity index is 1.70. The summed E-state index contributed by atoms with van der Waals surface area (Å²) in [6.45, 7) is 0. The van der Waals surface area contributed by atoms with Gasteiger partial charge < -0.3 is 24.5 Å². The number of methoxy groups -OCH3 is 3. The van der Waals surface area contributed by atoms with Crippen LogP contribution in [0.2, 0.25) is 0 Å². The standard InChI is InChI=1S/C22H22FN3O5S/c1-29-17-8-15(9-18(30-2)21(17)31-3)24-19(27)10-16-11-20(28)26-22(25-16)32-12-13-4-6-14(23)7-5-13/h4-9,11H,10,12H2,1-3H3,(H,24,27)(H,25,26,28). The van der Waals surface area contributed by atoms with Crippen LogP contribution in [-0.2, 0) is 17.0 Å². The number of carbonyl (C=O) groups is 1. The van der Waals surface area contributed by atoms with E-state index in [1.54, 1.807) is 24.3 Å². The summed E-state index contributed by atoms with van der Waals surface area (Å²) in [6, 6.07) is 10.6. The molecule has 3 rings (SSSR count). The normalized spacial score (nSPS) is 10.5. The predicted octanol–water partition coefficient (Wildman–Crippen LogP) is 3.41. The number of amides is 1. The number of hydrogen-bond acceptors (Lipinski definition) is 7. The first-order valence-corrected chi connectivity index (χ1v) is 10.5. The molecule has 0 bridgehead atoms. The molecule has 0 aliphatic carbocycles. The fraction of sp³-hybridized carbons (Fsp3) is 0.227. The number of hydrogen-bond donors (Lipinski definition) is 2. The van der Waals surface area contributed by atoms with Gasteiger partial charge in [-0.2, -0.15) is 0 Å². The van der Waals surface area contributed by atoms with Crippen molar-refractivity contribution in [2.45, 2.75) is 17.3 Å². The number of benzene rings is 2. The molecule has 168 valence electrons. The zero-order valence-corrected chi connectivity index (χ0v) is 18.5. The molecule has 10 heteroatoms. The van der Waals surface area contributed by atoms with Gasteiger partial charge in [-0.3, -0.25) is 9.59 Å². The summed E-state index contributed by atoms with van der Waals surface area (Å²) in [4.78, 5) is 31.5. The highest BCUT2D eigenvalue weighted by atomic mass is 32.2. The van der Waals surface area contributed by atoms with Gasteiger partial charge in [0.05, 0.1) is 33.4 Å². The van der Waals surface area contributed by atoms with E-state index in [0.717, 1.165) is 5.56 Å². The SMILES string of the molecule is COc1cc(NC(=O)Cc2cc(=O)[nH]c(SCc3ccc(F)cc3)n2)cc(OC)c1OC. The number of aromatic nitrogens is 2. The molecule has 0 spiro atoms. The summed E-state index contributed by atoms with van der Waals surface area (Å²) in [5, 5.41) is 3.12. The van der Waals surface area contributed by atoms with E-state index in [2.05, 4.69) is 15.3 Å². The Labute approximate surface area is 188 Å². The third-order valence-corrected chi connectivity index (χ3v) is 5.30. The van der Waals surface area contributed by atoms with Crippen LogP contribution in [0.1, 0.15) is 11.3 Å². The van der Waals surface area contributed by atoms with Crippen molar-refractivity contribution in [2.24, 2.45) is 0 Å². The summed E-state index contributed by atoms with van der Waals surface area (Å²) >= 11 is 1.28. The summed E-state index contributed by atoms with van der Waals surface area (Å²) in [5.74, 6) is 1.01. The topological polar surface area (TPSA) is 103 Å². The molecule has 1 aromatic heterocycles. The second-order valence-electron chi connectivity index (χ2n) is 6.60. The fourth-order valence-electron chi connectivity index (χ4n) is 2.90. The molecule has 2 aromatic carbocycles. The quantitative estimate of drug-likeness (QED) is 0.373. The molecule has 0 atom stereocenters. The first kappa shape index (κ1) is 23.1. The second-order valence-corrected chi connectivity index (χ2v) is 7.56. The molecule has 0 radical (unpaired) electrons. The van der Waals surface area contributed by atoms with E-state index in [-0.39, 0.29) is 23.7 Å². The van der Waals surface area contributed by atoms with Crippen molar-refractivity contribution < 1.29 is 23.4 Å². The highest BCUT2D eigenvalue weighted by Gasteiger charge is 2.15. The first-order chi connectivity index (χ1) is 15.4. The van der Waals surface area contributed by atoms with Crippen molar-refractivity contribution >= 4 is 23.4 Å². The minimum atomic E-state index is -0.369. The largest absolute Gasteiger partial charge is 0.493 e. The van der Waals surface area contributed by atoms with Crippen LogP contribution >= 0.6 is 11.8 Å². The summed E-state index contributed by atoms with van der Waals surface area (Å²) in [5.41, 5.74) is 1.28. The van der Waals surface area contributed by atoms with Crippen LogP contribution in [-0.4, -0.2) is 37.2 Å². The predicted molar refractivity (Wildman–Crippen MR) is 119 cm³/mol. The van der Waals surface area contributed by atoms with Gasteiger partial charge in [0.15, 0.2) is 16.7 Å². The molecule has 0 saturated carbocycles. The van der Waals surface area contributed by atoms with Crippen LogP contribution in [0.4, 0.5) is 10.1 Å². The lowest BCUT2D eigenvalue weighted by atomic mass is 10.2. The maximum Gasteiger partial charge on any atom is 0.251 e. The van der Waals surface area contributed by atoms with Crippen molar-refractivity contribution in [1.82, 2.24) is 9.97 Å². The zero-order chi connectivity index (χ0) is 23.1. The number of rotatable bonds is 9. The van der Waals surface area contributed by atoms with Crippen LogP contribution < -0.4 is 25.1 Å². The first-order valence-electron chi connectivity index (χ1n) is 9.49. The molecule has 0 unspecified atom stereocenters. The third-order valence-electron chi connectivity index (χ3n) is 4.35. The summed E-state index contributed by atoms with van der Waals surface area (Å²) in [6.07, 6.45) is -0.106. The van der Waals surface area contributed by atoms with Gasteiger partial charge in [0.25, 0.3) is 5.56 Å². The van der Waals surface area contributed by atoms with Gasteiger partial charge >= 0.3 is 0 Å². The zero-order valence-electron chi connectivity index (χ0n) is 17.7. The van der Waals surface area contributed by atoms with Crippen LogP contribution in [0, 0.1) is 5.82 Å². The Morgan fingerprint density at radius 2 is 1.72 bits per heavy atom. The van der Waals surface area contributed by atoms with Gasteiger partial charge in [0.2, 0.25) is 11.7 Å². The number of halogens is 1. The van der Waals surface area contributed by atoms with E-state index in [1.165, 1.54) is 51.3 Å². The number of thioether (sulfide) groups is 1. The minimum Gasteiger partial charge on any atom is -0.493 e. The lowest BCUT2D eigenvalue weighted by Crippen LogP contribution is -2.18. The Bertz CT molecular complexity index is 1130. The number of nitrogens with one attached hydrogen (secondary N) is 2. The Morgan fingerprint density at radius 3 is 2.31 bits per heavy atom. The lowest BCUT2D eigenvalue weighted by molar-refractivity contribution is -0.115. The van der Waals surface area contributed by atoms with Gasteiger partial charge in [-0.05, 0) is 17.7 Å². The lowest BCUT2D eigenvalue weighted by Gasteiger charge is -2.14. The average molecular weight is 459 g/mol. The maximum absolute atomic E-state index is 13.0. The van der Waals surface area contributed by atoms with E-state index in [9.17, 15) is 14.0 Å².